The molecular formula is C28H35N5O. The van der Waals surface area contributed by atoms with Crippen molar-refractivity contribution in [1.29, 1.82) is 0 Å². The SMILES string of the molecule is CC(CCNC(=O)c1ccc2ccnc(N3CCN(c4ccccc4)CC3)c2c1)N1CCCC1. The van der Waals surface area contributed by atoms with Gasteiger partial charge in [-0.3, -0.25) is 4.79 Å². The molecule has 1 amide bonds. The van der Waals surface area contributed by atoms with Gasteiger partial charge < -0.3 is 20.0 Å². The van der Waals surface area contributed by atoms with Crippen molar-refractivity contribution in [2.45, 2.75) is 32.2 Å². The molecule has 3 aromatic rings. The summed E-state index contributed by atoms with van der Waals surface area (Å²) in [5, 5.41) is 5.30. The van der Waals surface area contributed by atoms with Gasteiger partial charge in [-0.15, -0.1) is 0 Å². The predicted molar refractivity (Wildman–Crippen MR) is 140 cm³/mol. The summed E-state index contributed by atoms with van der Waals surface area (Å²) in [7, 11) is 0. The molecule has 0 bridgehead atoms. The lowest BCUT2D eigenvalue weighted by Crippen LogP contribution is -2.46. The van der Waals surface area contributed by atoms with Crippen LogP contribution in [0.3, 0.4) is 0 Å². The average molecular weight is 458 g/mol. The average Bonchev–Trinajstić information content (AvgIpc) is 3.44. The molecule has 34 heavy (non-hydrogen) atoms. The van der Waals surface area contributed by atoms with E-state index >= 15 is 0 Å². The predicted octanol–water partition coefficient (Wildman–Crippen LogP) is 4.17. The summed E-state index contributed by atoms with van der Waals surface area (Å²) in [6, 6.07) is 19.1. The van der Waals surface area contributed by atoms with Gasteiger partial charge in [0.15, 0.2) is 0 Å². The molecule has 2 aromatic carbocycles. The van der Waals surface area contributed by atoms with Crippen LogP contribution in [0.1, 0.15) is 36.5 Å². The molecule has 5 rings (SSSR count). The molecule has 1 atom stereocenters. The Hall–Kier alpha value is -3.12. The molecular weight excluding hydrogens is 422 g/mol. The number of hydrogen-bond acceptors (Lipinski definition) is 5. The van der Waals surface area contributed by atoms with E-state index in [0.717, 1.165) is 49.2 Å². The topological polar surface area (TPSA) is 51.7 Å². The van der Waals surface area contributed by atoms with Crippen molar-refractivity contribution < 1.29 is 4.79 Å². The summed E-state index contributed by atoms with van der Waals surface area (Å²) in [6.07, 6.45) is 5.45. The Labute approximate surface area is 202 Å². The highest BCUT2D eigenvalue weighted by atomic mass is 16.1. The van der Waals surface area contributed by atoms with Gasteiger partial charge in [0.05, 0.1) is 0 Å². The largest absolute Gasteiger partial charge is 0.368 e. The minimum Gasteiger partial charge on any atom is -0.368 e. The van der Waals surface area contributed by atoms with Crippen LogP contribution >= 0.6 is 0 Å². The maximum Gasteiger partial charge on any atom is 0.251 e. The van der Waals surface area contributed by atoms with E-state index in [9.17, 15) is 4.79 Å². The summed E-state index contributed by atoms with van der Waals surface area (Å²) < 4.78 is 0. The molecule has 2 fully saturated rings. The van der Waals surface area contributed by atoms with E-state index in [2.05, 4.69) is 57.3 Å². The van der Waals surface area contributed by atoms with Crippen LogP contribution in [0.25, 0.3) is 10.8 Å². The molecule has 1 N–H and O–H groups in total. The highest BCUT2D eigenvalue weighted by Gasteiger charge is 2.21. The maximum absolute atomic E-state index is 12.9. The van der Waals surface area contributed by atoms with E-state index in [1.165, 1.54) is 31.6 Å². The van der Waals surface area contributed by atoms with Crippen molar-refractivity contribution >= 4 is 28.2 Å². The van der Waals surface area contributed by atoms with Crippen LogP contribution in [0.5, 0.6) is 0 Å². The molecule has 6 heteroatoms. The highest BCUT2D eigenvalue weighted by molar-refractivity contribution is 6.01. The second-order valence-electron chi connectivity index (χ2n) is 9.52. The smallest absolute Gasteiger partial charge is 0.251 e. The standard InChI is InChI=1S/C28H35N5O/c1-22(31-15-5-6-16-31)11-13-30-28(34)24-10-9-23-12-14-29-27(26(23)21-24)33-19-17-32(18-20-33)25-7-3-2-4-8-25/h2-4,7-10,12,14,21-22H,5-6,11,13,15-20H2,1H3,(H,30,34). The molecule has 0 saturated carbocycles. The van der Waals surface area contributed by atoms with E-state index in [-0.39, 0.29) is 5.91 Å². The number of para-hydroxylation sites is 1. The van der Waals surface area contributed by atoms with E-state index in [0.29, 0.717) is 18.2 Å². The van der Waals surface area contributed by atoms with Gasteiger partial charge in [-0.1, -0.05) is 24.3 Å². The van der Waals surface area contributed by atoms with Crippen molar-refractivity contribution in [2.75, 3.05) is 55.6 Å². The summed E-state index contributed by atoms with van der Waals surface area (Å²) in [6.45, 7) is 9.08. The Bertz CT molecular complexity index is 1100. The zero-order chi connectivity index (χ0) is 23.3. The molecule has 2 aliphatic heterocycles. The van der Waals surface area contributed by atoms with Crippen LogP contribution in [0.4, 0.5) is 11.5 Å². The zero-order valence-electron chi connectivity index (χ0n) is 20.1. The van der Waals surface area contributed by atoms with Gasteiger partial charge in [-0.25, -0.2) is 4.98 Å². The van der Waals surface area contributed by atoms with Gasteiger partial charge in [0.1, 0.15) is 5.82 Å². The van der Waals surface area contributed by atoms with Crippen LogP contribution in [0.15, 0.2) is 60.8 Å². The number of rotatable bonds is 7. The second-order valence-corrected chi connectivity index (χ2v) is 9.52. The number of nitrogens with zero attached hydrogens (tertiary/aromatic N) is 4. The summed E-state index contributed by atoms with van der Waals surface area (Å²) in [5.41, 5.74) is 1.98. The number of anilines is 2. The lowest BCUT2D eigenvalue weighted by Gasteiger charge is -2.37. The van der Waals surface area contributed by atoms with Crippen molar-refractivity contribution in [2.24, 2.45) is 0 Å². The first-order valence-electron chi connectivity index (χ1n) is 12.6. The molecule has 2 aliphatic rings. The van der Waals surface area contributed by atoms with Gasteiger partial charge in [0.2, 0.25) is 0 Å². The summed E-state index contributed by atoms with van der Waals surface area (Å²) in [4.78, 5) is 24.9. The molecule has 6 nitrogen and oxygen atoms in total. The van der Waals surface area contributed by atoms with Crippen LogP contribution in [-0.2, 0) is 0 Å². The number of carbonyl (C=O) groups excluding carboxylic acids is 1. The fourth-order valence-corrected chi connectivity index (χ4v) is 5.22. The third-order valence-electron chi connectivity index (χ3n) is 7.32. The number of nitrogens with one attached hydrogen (secondary N) is 1. The van der Waals surface area contributed by atoms with Gasteiger partial charge >= 0.3 is 0 Å². The third kappa shape index (κ3) is 5.02. The quantitative estimate of drug-likeness (QED) is 0.577. The van der Waals surface area contributed by atoms with E-state index < -0.39 is 0 Å². The maximum atomic E-state index is 12.9. The highest BCUT2D eigenvalue weighted by Crippen LogP contribution is 2.27. The Morgan fingerprint density at radius 3 is 2.44 bits per heavy atom. The Kier molecular flexibility index (Phi) is 6.95. The minimum atomic E-state index is -0.000720. The van der Waals surface area contributed by atoms with Crippen LogP contribution in [0.2, 0.25) is 0 Å². The number of hydrogen-bond donors (Lipinski definition) is 1. The lowest BCUT2D eigenvalue weighted by molar-refractivity contribution is 0.0949. The molecule has 0 spiro atoms. The van der Waals surface area contributed by atoms with Gasteiger partial charge in [-0.05, 0) is 75.0 Å². The first kappa shape index (κ1) is 22.7. The molecule has 0 aliphatic carbocycles. The van der Waals surface area contributed by atoms with Crippen LogP contribution < -0.4 is 15.1 Å². The van der Waals surface area contributed by atoms with Crippen molar-refractivity contribution in [3.63, 3.8) is 0 Å². The van der Waals surface area contributed by atoms with Crippen molar-refractivity contribution in [3.8, 4) is 0 Å². The summed E-state index contributed by atoms with van der Waals surface area (Å²) in [5.74, 6) is 0.974. The number of pyridine rings is 1. The normalized spacial score (nSPS) is 17.8. The van der Waals surface area contributed by atoms with Crippen LogP contribution in [0, 0.1) is 0 Å². The molecule has 1 unspecified atom stereocenters. The molecule has 2 saturated heterocycles. The number of benzene rings is 2. The van der Waals surface area contributed by atoms with Gasteiger partial charge in [0, 0.05) is 61.6 Å². The summed E-state index contributed by atoms with van der Waals surface area (Å²) >= 11 is 0. The van der Waals surface area contributed by atoms with Crippen LogP contribution in [-0.4, -0.2) is 67.6 Å². The number of piperazine rings is 1. The van der Waals surface area contributed by atoms with Gasteiger partial charge in [-0.2, -0.15) is 0 Å². The first-order chi connectivity index (χ1) is 16.7. The molecule has 3 heterocycles. The molecule has 178 valence electrons. The van der Waals surface area contributed by atoms with Crippen molar-refractivity contribution in [1.82, 2.24) is 15.2 Å². The monoisotopic (exact) mass is 457 g/mol. The fourth-order valence-electron chi connectivity index (χ4n) is 5.22. The van der Waals surface area contributed by atoms with E-state index in [1.807, 2.05) is 30.5 Å². The number of fused-ring (bicyclic) bond motifs is 1. The van der Waals surface area contributed by atoms with Crippen molar-refractivity contribution in [3.05, 3.63) is 66.4 Å². The molecule has 1 aromatic heterocycles. The molecule has 0 radical (unpaired) electrons. The minimum absolute atomic E-state index is 0.000720. The first-order valence-corrected chi connectivity index (χ1v) is 12.6. The van der Waals surface area contributed by atoms with E-state index in [4.69, 9.17) is 4.98 Å². The Morgan fingerprint density at radius 1 is 0.941 bits per heavy atom. The van der Waals surface area contributed by atoms with Gasteiger partial charge in [0.25, 0.3) is 5.91 Å². The fraction of sp³-hybridized carbons (Fsp3) is 0.429. The second kappa shape index (κ2) is 10.4. The van der Waals surface area contributed by atoms with E-state index in [1.54, 1.807) is 0 Å². The number of likely N-dealkylation sites (tertiary alicyclic amines) is 1. The lowest BCUT2D eigenvalue weighted by atomic mass is 10.1. The number of aromatic nitrogens is 1. The zero-order valence-corrected chi connectivity index (χ0v) is 20.1. The number of carbonyl (C=O) groups is 1. The number of amides is 1. The Balaban J connectivity index is 1.24. The third-order valence-corrected chi connectivity index (χ3v) is 7.32. The Morgan fingerprint density at radius 2 is 1.68 bits per heavy atom.